The number of aryl methyl sites for hydroxylation is 1. The Morgan fingerprint density at radius 2 is 0.870 bits per heavy atom. The summed E-state index contributed by atoms with van der Waals surface area (Å²) in [6.45, 7) is 5.28. The van der Waals surface area contributed by atoms with E-state index in [4.69, 9.17) is 58.0 Å². The first-order valence-corrected chi connectivity index (χ1v) is 39.9. The van der Waals surface area contributed by atoms with E-state index in [0.717, 1.165) is 96.2 Å². The van der Waals surface area contributed by atoms with E-state index < -0.39 is 24.5 Å². The van der Waals surface area contributed by atoms with Crippen LogP contribution in [0.4, 0.5) is 53.4 Å². The molecule has 0 radical (unpaired) electrons. The van der Waals surface area contributed by atoms with Crippen LogP contribution in [0.2, 0.25) is 25.1 Å². The van der Waals surface area contributed by atoms with Gasteiger partial charge in [-0.1, -0.05) is 82.3 Å². The van der Waals surface area contributed by atoms with Crippen molar-refractivity contribution in [2.24, 2.45) is 0 Å². The van der Waals surface area contributed by atoms with E-state index in [1.165, 1.54) is 12.1 Å². The van der Waals surface area contributed by atoms with Crippen molar-refractivity contribution in [3.63, 3.8) is 0 Å². The minimum atomic E-state index is -4.54. The maximum atomic E-state index is 12.7. The molecule has 123 heavy (non-hydrogen) atoms. The lowest BCUT2D eigenvalue weighted by Gasteiger charge is -2.34. The molecule has 0 aliphatic carbocycles. The van der Waals surface area contributed by atoms with Crippen molar-refractivity contribution in [2.75, 3.05) is 82.6 Å². The molecule has 0 spiro atoms. The average Bonchev–Trinajstić information content (AvgIpc) is 1.33. The van der Waals surface area contributed by atoms with Crippen LogP contribution in [-0.4, -0.2) is 147 Å². The zero-order chi connectivity index (χ0) is 86.6. The molecule has 624 valence electrons. The van der Waals surface area contributed by atoms with E-state index in [1.807, 2.05) is 82.4 Å². The summed E-state index contributed by atoms with van der Waals surface area (Å²) in [6, 6.07) is 57.1. The van der Waals surface area contributed by atoms with Crippen LogP contribution >= 0.6 is 58.0 Å². The van der Waals surface area contributed by atoms with Crippen LogP contribution in [-0.2, 0) is 17.8 Å². The van der Waals surface area contributed by atoms with E-state index in [2.05, 4.69) is 86.6 Å². The highest BCUT2D eigenvalue weighted by Gasteiger charge is 2.29. The number of carbonyl (C=O) groups excluding carboxylic acids is 6. The van der Waals surface area contributed by atoms with Gasteiger partial charge in [-0.25, -0.2) is 24.9 Å². The number of aromatic amines is 1. The van der Waals surface area contributed by atoms with Crippen LogP contribution in [0.1, 0.15) is 70.8 Å². The van der Waals surface area contributed by atoms with Gasteiger partial charge in [-0.2, -0.15) is 13.2 Å². The van der Waals surface area contributed by atoms with Gasteiger partial charge in [-0.05, 0) is 182 Å². The van der Waals surface area contributed by atoms with Crippen molar-refractivity contribution in [1.82, 2.24) is 64.6 Å². The molecule has 5 aromatic carbocycles. The van der Waals surface area contributed by atoms with Crippen molar-refractivity contribution in [3.05, 3.63) is 333 Å². The summed E-state index contributed by atoms with van der Waals surface area (Å²) in [5.74, 6) is 0.0484. The molecule has 1 fully saturated rings. The first-order valence-electron chi connectivity index (χ1n) is 38.1. The van der Waals surface area contributed by atoms with Gasteiger partial charge in [-0.3, -0.25) is 48.7 Å². The number of aromatic nitrogens is 11. The largest absolute Gasteiger partial charge is 0.405 e. The molecule has 1 aliphatic heterocycles. The number of pyridine rings is 7. The second-order valence-electron chi connectivity index (χ2n) is 27.0. The number of rotatable bonds is 24. The lowest BCUT2D eigenvalue weighted by Crippen LogP contribution is -2.48. The Bertz CT molecular complexity index is 5900. The Hall–Kier alpha value is -14.0. The van der Waals surface area contributed by atoms with Crippen molar-refractivity contribution < 1.29 is 41.9 Å². The van der Waals surface area contributed by atoms with Gasteiger partial charge in [0.25, 0.3) is 29.5 Å². The fourth-order valence-corrected chi connectivity index (χ4v) is 13.2. The van der Waals surface area contributed by atoms with Gasteiger partial charge < -0.3 is 56.6 Å². The first kappa shape index (κ1) is 88.3. The number of hydrogen-bond donors (Lipinski definition) is 8. The molecular weight excluding hydrogens is 1680 g/mol. The van der Waals surface area contributed by atoms with E-state index >= 15 is 0 Å². The summed E-state index contributed by atoms with van der Waals surface area (Å²) in [5.41, 5.74) is 10.4. The number of nitrogens with one attached hydrogen (secondary N) is 8. The summed E-state index contributed by atoms with van der Waals surface area (Å²) >= 11 is 31.2. The minimum absolute atomic E-state index is 0.0448. The number of hydrogen-bond acceptors (Lipinski definition) is 18. The van der Waals surface area contributed by atoms with Gasteiger partial charge in [0.15, 0.2) is 0 Å². The predicted molar refractivity (Wildman–Crippen MR) is 474 cm³/mol. The Kier molecular flexibility index (Phi) is 31.1. The zero-order valence-corrected chi connectivity index (χ0v) is 69.2. The van der Waals surface area contributed by atoms with Crippen LogP contribution in [0.3, 0.4) is 0 Å². The number of nitrogens with zero attached hydrogens (tertiary/aromatic N) is 12. The molecule has 10 heterocycles. The molecule has 8 N–H and O–H groups in total. The number of halogens is 8. The number of H-pyrrole nitrogens is 1. The minimum Gasteiger partial charge on any atom is -0.370 e. The van der Waals surface area contributed by atoms with Crippen molar-refractivity contribution in [2.45, 2.75) is 32.5 Å². The van der Waals surface area contributed by atoms with E-state index in [-0.39, 0.29) is 39.8 Å². The Labute approximate surface area is 729 Å². The van der Waals surface area contributed by atoms with Crippen LogP contribution in [0, 0.1) is 0 Å². The fraction of sp³-hybridized carbons (Fsp3) is 0.135. The summed E-state index contributed by atoms with van der Waals surface area (Å²) in [5, 5.41) is 21.6. The lowest BCUT2D eigenvalue weighted by atomic mass is 10.1. The third-order valence-electron chi connectivity index (χ3n) is 18.4. The predicted octanol–water partition coefficient (Wildman–Crippen LogP) is 18.5. The van der Waals surface area contributed by atoms with Gasteiger partial charge >= 0.3 is 6.18 Å². The third-order valence-corrected chi connectivity index (χ3v) is 20.0. The highest BCUT2D eigenvalue weighted by molar-refractivity contribution is 6.36. The van der Waals surface area contributed by atoms with Gasteiger partial charge in [0.05, 0.1) is 82.8 Å². The van der Waals surface area contributed by atoms with E-state index in [1.54, 1.807) is 196 Å². The number of anilines is 7. The second-order valence-corrected chi connectivity index (χ2v) is 29.1. The molecule has 6 amide bonds. The van der Waals surface area contributed by atoms with Gasteiger partial charge in [-0.15, -0.1) is 0 Å². The van der Waals surface area contributed by atoms with Crippen LogP contribution in [0.5, 0.6) is 0 Å². The molecule has 1 aliphatic rings. The molecule has 0 unspecified atom stereocenters. The molecular formula is C89H76Cl5F3N20O6. The third kappa shape index (κ3) is 26.0. The topological polar surface area (TPSA) is 330 Å². The molecule has 34 heteroatoms. The Balaban J connectivity index is 0.000000150. The number of amides is 6. The smallest absolute Gasteiger partial charge is 0.370 e. The monoisotopic (exact) mass is 1750 g/mol. The Morgan fingerprint density at radius 3 is 1.24 bits per heavy atom. The van der Waals surface area contributed by atoms with Gasteiger partial charge in [0.2, 0.25) is 5.91 Å². The molecule has 15 rings (SSSR count). The van der Waals surface area contributed by atoms with Gasteiger partial charge in [0.1, 0.15) is 24.0 Å². The Morgan fingerprint density at radius 1 is 0.431 bits per heavy atom. The molecule has 14 aromatic rings. The fourth-order valence-electron chi connectivity index (χ4n) is 12.1. The highest BCUT2D eigenvalue weighted by Crippen LogP contribution is 2.35. The van der Waals surface area contributed by atoms with E-state index in [0.29, 0.717) is 96.2 Å². The van der Waals surface area contributed by atoms with Crippen molar-refractivity contribution in [1.29, 1.82) is 0 Å². The standard InChI is InChI=1S/C23H21ClN6O.C23H22ClN5O2.C22H19ClN6O.C21H14Cl2F3N3O2/c24-20-7-6-18(14-19(20)21-4-1-2-9-26-21)29-23(31)17-5-8-22(28-15-17)27-10-3-12-30-13-11-25-16-30;1-16(30)28-10-12-29(13-11-28)22-8-5-17(15-26-22)23(31)27-18-6-7-20(24)19(14-18)21-4-2-3-9-25-21;23-19-6-5-16(11-18(19)20-3-1-2-9-25-20)29-22(30)15-4-7-21(27-12-15)26-10-8-17-13-24-14-28-17;22-16-7-5-13(10-15(16)18-3-1-2-8-27-18)29-20(31)14-6-4-12(9-17(14)23)19(30)28-11-21(24,25)26/h1-2,4-9,11,13-16H,3,10,12H2,(H,27,28)(H,29,31);2-9,14-15H,10-13H2,1H3,(H,27,31);1-7,9,11-14H,8,10H2,(H,24,28)(H,26,27)(H,29,30);1-10H,11H2,(H,28,30)(H,29,31). The SMILES string of the molecule is CC(=O)N1CCN(c2ccc(C(=O)Nc3ccc(Cl)c(-c4ccccn4)c3)cn2)CC1.O=C(NCC(F)(F)F)c1ccc(C(=O)Nc2ccc(Cl)c(-c3ccccn3)c2)c(Cl)c1.O=C(Nc1ccc(Cl)c(-c2ccccn2)c1)c1ccc(NCCCn2ccnc2)nc1.O=C(Nc1ccc(Cl)c(-c2ccccn2)c1)c1ccc(NCCc2cnc[nH]2)nc1. The van der Waals surface area contributed by atoms with Crippen molar-refractivity contribution >= 4 is 134 Å². The first-order chi connectivity index (χ1) is 59.5. The number of piperazine rings is 1. The summed E-state index contributed by atoms with van der Waals surface area (Å²) in [6.07, 6.45) is 17.5. The van der Waals surface area contributed by atoms with E-state index in [9.17, 15) is 41.9 Å². The number of carbonyl (C=O) groups is 6. The molecule has 0 bridgehead atoms. The van der Waals surface area contributed by atoms with Crippen LogP contribution in [0.15, 0.2) is 275 Å². The highest BCUT2D eigenvalue weighted by atomic mass is 35.5. The molecule has 0 atom stereocenters. The lowest BCUT2D eigenvalue weighted by molar-refractivity contribution is -0.129. The molecule has 1 saturated heterocycles. The van der Waals surface area contributed by atoms with Crippen molar-refractivity contribution in [3.8, 4) is 45.0 Å². The number of benzene rings is 5. The zero-order valence-electron chi connectivity index (χ0n) is 65.4. The number of alkyl halides is 3. The number of imidazole rings is 2. The molecule has 26 nitrogen and oxygen atoms in total. The summed E-state index contributed by atoms with van der Waals surface area (Å²) in [7, 11) is 0. The van der Waals surface area contributed by atoms with Gasteiger partial charge in [0, 0.05) is 177 Å². The van der Waals surface area contributed by atoms with Crippen LogP contribution in [0.25, 0.3) is 45.0 Å². The normalized spacial score (nSPS) is 11.5. The quantitative estimate of drug-likeness (QED) is 0.0261. The molecule has 9 aromatic heterocycles. The maximum absolute atomic E-state index is 12.7. The molecule has 0 saturated carbocycles. The summed E-state index contributed by atoms with van der Waals surface area (Å²) in [4.78, 5) is 119. The maximum Gasteiger partial charge on any atom is 0.405 e. The van der Waals surface area contributed by atoms with Crippen LogP contribution < -0.4 is 42.1 Å². The average molecular weight is 1760 g/mol. The summed E-state index contributed by atoms with van der Waals surface area (Å²) < 4.78 is 38.8. The second kappa shape index (κ2) is 43.3.